The minimum atomic E-state index is -1.33. The Morgan fingerprint density at radius 2 is 1.60 bits per heavy atom. The highest BCUT2D eigenvalue weighted by molar-refractivity contribution is 5.74. The lowest BCUT2D eigenvalue weighted by atomic mass is 9.98. The number of anilines is 1. The molecule has 2 aromatic rings. The smallest absolute Gasteiger partial charge is 0.162 e. The highest BCUT2D eigenvalue weighted by Gasteiger charge is 2.20. The molecule has 2 N–H and O–H groups in total. The average molecular weight is 285 g/mol. The molecular weight excluding hydrogens is 274 g/mol. The number of rotatable bonds is 2. The summed E-state index contributed by atoms with van der Waals surface area (Å²) >= 11 is 0. The fraction of sp³-hybridized carbons (Fsp3) is 0.143. The van der Waals surface area contributed by atoms with Gasteiger partial charge in [0.2, 0.25) is 0 Å². The van der Waals surface area contributed by atoms with Crippen LogP contribution in [0, 0.1) is 30.2 Å². The van der Waals surface area contributed by atoms with Gasteiger partial charge in [0, 0.05) is 23.3 Å². The first-order chi connectivity index (χ1) is 9.36. The van der Waals surface area contributed by atoms with Crippen molar-refractivity contribution in [2.24, 2.45) is 0 Å². The second-order valence-electron chi connectivity index (χ2n) is 4.23. The molecule has 106 valence electrons. The Kier molecular flexibility index (Phi) is 3.57. The van der Waals surface area contributed by atoms with Crippen LogP contribution in [0.3, 0.4) is 0 Å². The lowest BCUT2D eigenvalue weighted by Gasteiger charge is -2.13. The van der Waals surface area contributed by atoms with Crippen molar-refractivity contribution in [2.45, 2.75) is 6.92 Å². The van der Waals surface area contributed by atoms with Gasteiger partial charge in [0.05, 0.1) is 12.8 Å². The van der Waals surface area contributed by atoms with Gasteiger partial charge in [-0.25, -0.2) is 17.6 Å². The second-order valence-corrected chi connectivity index (χ2v) is 4.23. The van der Waals surface area contributed by atoms with Crippen LogP contribution in [0.1, 0.15) is 5.56 Å². The first-order valence-electron chi connectivity index (χ1n) is 5.64. The lowest BCUT2D eigenvalue weighted by molar-refractivity contribution is 0.413. The molecule has 20 heavy (non-hydrogen) atoms. The fourth-order valence-electron chi connectivity index (χ4n) is 1.99. The van der Waals surface area contributed by atoms with Gasteiger partial charge in [0.15, 0.2) is 11.6 Å². The number of hydrogen-bond donors (Lipinski definition) is 1. The average Bonchev–Trinajstić information content (AvgIpc) is 2.39. The van der Waals surface area contributed by atoms with Crippen LogP contribution in [0.2, 0.25) is 0 Å². The van der Waals surface area contributed by atoms with Crippen LogP contribution < -0.4 is 10.5 Å². The minimum Gasteiger partial charge on any atom is -0.494 e. The zero-order valence-corrected chi connectivity index (χ0v) is 10.7. The van der Waals surface area contributed by atoms with E-state index in [4.69, 9.17) is 10.5 Å². The molecule has 2 rings (SSSR count). The zero-order chi connectivity index (χ0) is 15.0. The molecule has 0 fully saturated rings. The number of nitrogens with two attached hydrogens (primary N) is 1. The van der Waals surface area contributed by atoms with Crippen molar-refractivity contribution >= 4 is 5.69 Å². The van der Waals surface area contributed by atoms with Crippen molar-refractivity contribution in [1.29, 1.82) is 0 Å². The molecule has 2 aromatic carbocycles. The highest BCUT2D eigenvalue weighted by Crippen LogP contribution is 2.35. The maximum atomic E-state index is 14.0. The van der Waals surface area contributed by atoms with Gasteiger partial charge < -0.3 is 10.5 Å². The van der Waals surface area contributed by atoms with Gasteiger partial charge in [0.25, 0.3) is 0 Å². The summed E-state index contributed by atoms with van der Waals surface area (Å²) < 4.78 is 59.2. The Hall–Kier alpha value is -2.24. The molecule has 0 unspecified atom stereocenters. The van der Waals surface area contributed by atoms with E-state index in [-0.39, 0.29) is 28.1 Å². The zero-order valence-electron chi connectivity index (χ0n) is 10.7. The Morgan fingerprint density at radius 1 is 0.950 bits per heavy atom. The maximum Gasteiger partial charge on any atom is 0.162 e. The summed E-state index contributed by atoms with van der Waals surface area (Å²) in [5.41, 5.74) is 4.74. The van der Waals surface area contributed by atoms with Crippen LogP contribution in [-0.4, -0.2) is 7.11 Å². The van der Waals surface area contributed by atoms with Crippen LogP contribution in [-0.2, 0) is 0 Å². The number of benzene rings is 2. The van der Waals surface area contributed by atoms with E-state index in [1.807, 2.05) is 0 Å². The number of methoxy groups -OCH3 is 1. The van der Waals surface area contributed by atoms with Crippen molar-refractivity contribution in [3.63, 3.8) is 0 Å². The molecule has 0 aliphatic carbocycles. The molecule has 0 radical (unpaired) electrons. The van der Waals surface area contributed by atoms with E-state index < -0.39 is 23.3 Å². The molecule has 0 aliphatic heterocycles. The predicted octanol–water partition coefficient (Wildman–Crippen LogP) is 3.81. The summed E-state index contributed by atoms with van der Waals surface area (Å²) in [6.07, 6.45) is 0. The third-order valence-electron chi connectivity index (χ3n) is 2.99. The van der Waals surface area contributed by atoms with E-state index in [0.29, 0.717) is 6.07 Å². The van der Waals surface area contributed by atoms with E-state index in [1.165, 1.54) is 7.11 Å². The molecule has 0 amide bonds. The number of halogens is 4. The first kappa shape index (κ1) is 14.2. The minimum absolute atomic E-state index is 0.0624. The van der Waals surface area contributed by atoms with Crippen molar-refractivity contribution < 1.29 is 22.3 Å². The van der Waals surface area contributed by atoms with Crippen LogP contribution in [0.15, 0.2) is 18.2 Å². The first-order valence-corrected chi connectivity index (χ1v) is 5.64. The molecule has 0 aromatic heterocycles. The van der Waals surface area contributed by atoms with Crippen LogP contribution >= 0.6 is 0 Å². The van der Waals surface area contributed by atoms with Crippen molar-refractivity contribution in [1.82, 2.24) is 0 Å². The molecule has 0 spiro atoms. The van der Waals surface area contributed by atoms with Gasteiger partial charge >= 0.3 is 0 Å². The molecular formula is C14H11F4NO. The summed E-state index contributed by atoms with van der Waals surface area (Å²) in [5, 5.41) is 0. The van der Waals surface area contributed by atoms with Gasteiger partial charge in [-0.15, -0.1) is 0 Å². The van der Waals surface area contributed by atoms with E-state index in [2.05, 4.69) is 0 Å². The Balaban J connectivity index is 2.75. The predicted molar refractivity (Wildman–Crippen MR) is 67.4 cm³/mol. The fourth-order valence-corrected chi connectivity index (χ4v) is 1.99. The van der Waals surface area contributed by atoms with E-state index in [9.17, 15) is 17.6 Å². The molecule has 0 heterocycles. The highest BCUT2D eigenvalue weighted by atomic mass is 19.2. The third kappa shape index (κ3) is 2.17. The SMILES string of the molecule is COc1cc(F)c(-c2c(F)cc(F)c(F)c2C)cc1N. The summed E-state index contributed by atoms with van der Waals surface area (Å²) in [7, 11) is 1.30. The normalized spacial score (nSPS) is 10.7. The molecule has 6 heteroatoms. The van der Waals surface area contributed by atoms with Gasteiger partial charge in [-0.05, 0) is 18.6 Å². The summed E-state index contributed by atoms with van der Waals surface area (Å²) in [5.74, 6) is -4.39. The quantitative estimate of drug-likeness (QED) is 0.517. The maximum absolute atomic E-state index is 14.0. The van der Waals surface area contributed by atoms with Crippen molar-refractivity contribution in [3.8, 4) is 16.9 Å². The van der Waals surface area contributed by atoms with Gasteiger partial charge in [-0.2, -0.15) is 0 Å². The Bertz CT molecular complexity index is 686. The molecule has 0 saturated carbocycles. The van der Waals surface area contributed by atoms with Crippen LogP contribution in [0.5, 0.6) is 5.75 Å². The van der Waals surface area contributed by atoms with Crippen LogP contribution in [0.4, 0.5) is 23.2 Å². The topological polar surface area (TPSA) is 35.2 Å². The van der Waals surface area contributed by atoms with Gasteiger partial charge in [-0.1, -0.05) is 0 Å². The summed E-state index contributed by atoms with van der Waals surface area (Å²) in [4.78, 5) is 0. The van der Waals surface area contributed by atoms with Gasteiger partial charge in [-0.3, -0.25) is 0 Å². The van der Waals surface area contributed by atoms with Crippen molar-refractivity contribution in [2.75, 3.05) is 12.8 Å². The molecule has 0 aliphatic rings. The monoisotopic (exact) mass is 285 g/mol. The van der Waals surface area contributed by atoms with Crippen molar-refractivity contribution in [3.05, 3.63) is 47.0 Å². The largest absolute Gasteiger partial charge is 0.494 e. The molecule has 0 bridgehead atoms. The van der Waals surface area contributed by atoms with Crippen LogP contribution in [0.25, 0.3) is 11.1 Å². The number of hydrogen-bond acceptors (Lipinski definition) is 2. The Labute approximate surface area is 112 Å². The lowest BCUT2D eigenvalue weighted by Crippen LogP contribution is -2.01. The molecule has 2 nitrogen and oxygen atoms in total. The number of ether oxygens (including phenoxy) is 1. The van der Waals surface area contributed by atoms with E-state index in [1.54, 1.807) is 0 Å². The third-order valence-corrected chi connectivity index (χ3v) is 2.99. The standard InChI is InChI=1S/C14H11F4NO/c1-6-13(9(16)4-10(17)14(6)18)7-3-11(19)12(20-2)5-8(7)15/h3-5H,19H2,1-2H3. The molecule has 0 atom stereocenters. The van der Waals surface area contributed by atoms with E-state index >= 15 is 0 Å². The second kappa shape index (κ2) is 5.03. The summed E-state index contributed by atoms with van der Waals surface area (Å²) in [6, 6.07) is 2.46. The van der Waals surface area contributed by atoms with E-state index in [0.717, 1.165) is 19.1 Å². The van der Waals surface area contributed by atoms with Gasteiger partial charge in [0.1, 0.15) is 17.4 Å². The summed E-state index contributed by atoms with van der Waals surface area (Å²) in [6.45, 7) is 1.16. The molecule has 0 saturated heterocycles. The Morgan fingerprint density at radius 3 is 2.20 bits per heavy atom. The number of nitrogen functional groups attached to an aromatic ring is 1.